The topological polar surface area (TPSA) is 16.4 Å². The van der Waals surface area contributed by atoms with E-state index >= 15 is 0 Å². The van der Waals surface area contributed by atoms with Crippen LogP contribution in [0.5, 0.6) is 0 Å². The highest BCUT2D eigenvalue weighted by molar-refractivity contribution is 6.17. The zero-order valence-corrected chi connectivity index (χ0v) is 31.7. The van der Waals surface area contributed by atoms with Crippen molar-refractivity contribution in [2.45, 2.75) is 0 Å². The molecule has 1 aromatic heterocycles. The Hall–Kier alpha value is -7.68. The van der Waals surface area contributed by atoms with Crippen LogP contribution in [0, 0.1) is 0 Å². The third-order valence-corrected chi connectivity index (χ3v) is 11.5. The molecule has 0 aliphatic carbocycles. The first-order valence-corrected chi connectivity index (χ1v) is 19.8. The van der Waals surface area contributed by atoms with Crippen LogP contribution in [-0.4, -0.2) is 0 Å². The van der Waals surface area contributed by atoms with Gasteiger partial charge in [0, 0.05) is 22.3 Å². The van der Waals surface area contributed by atoms with E-state index in [4.69, 9.17) is 4.42 Å². The van der Waals surface area contributed by atoms with Gasteiger partial charge in [-0.3, -0.25) is 0 Å². The molecule has 0 atom stereocenters. The van der Waals surface area contributed by atoms with Crippen molar-refractivity contribution in [2.75, 3.05) is 4.90 Å². The Morgan fingerprint density at radius 1 is 0.310 bits per heavy atom. The average molecular weight is 740 g/mol. The van der Waals surface area contributed by atoms with Gasteiger partial charge in [0.05, 0.1) is 11.1 Å². The third-order valence-electron chi connectivity index (χ3n) is 11.5. The summed E-state index contributed by atoms with van der Waals surface area (Å²) in [5.74, 6) is 0. The molecule has 2 heteroatoms. The molecule has 0 N–H and O–H groups in total. The third kappa shape index (κ3) is 5.91. The van der Waals surface area contributed by atoms with E-state index in [1.807, 2.05) is 0 Å². The van der Waals surface area contributed by atoms with Crippen molar-refractivity contribution in [1.29, 1.82) is 0 Å². The number of hydrogen-bond acceptors (Lipinski definition) is 2. The second kappa shape index (κ2) is 14.1. The molecule has 11 aromatic rings. The van der Waals surface area contributed by atoms with E-state index in [0.717, 1.165) is 50.1 Å². The minimum absolute atomic E-state index is 0.868. The Labute approximate surface area is 337 Å². The summed E-state index contributed by atoms with van der Waals surface area (Å²) < 4.78 is 6.82. The fourth-order valence-electron chi connectivity index (χ4n) is 8.56. The molecule has 2 nitrogen and oxygen atoms in total. The van der Waals surface area contributed by atoms with Gasteiger partial charge in [-0.1, -0.05) is 176 Å². The molecule has 0 bridgehead atoms. The molecule has 0 amide bonds. The maximum Gasteiger partial charge on any atom is 0.145 e. The number of rotatable bonds is 7. The maximum atomic E-state index is 6.82. The summed E-state index contributed by atoms with van der Waals surface area (Å²) in [7, 11) is 0. The first kappa shape index (κ1) is 33.6. The summed E-state index contributed by atoms with van der Waals surface area (Å²) in [6.07, 6.45) is 0. The summed E-state index contributed by atoms with van der Waals surface area (Å²) >= 11 is 0. The Kier molecular flexibility index (Phi) is 8.19. The Balaban J connectivity index is 1.07. The molecular formula is C56H37NO. The minimum Gasteiger partial charge on any atom is -0.455 e. The van der Waals surface area contributed by atoms with Gasteiger partial charge in [0.1, 0.15) is 11.2 Å². The lowest BCUT2D eigenvalue weighted by Gasteiger charge is -2.27. The van der Waals surface area contributed by atoms with Crippen molar-refractivity contribution in [1.82, 2.24) is 0 Å². The van der Waals surface area contributed by atoms with Crippen LogP contribution < -0.4 is 4.90 Å². The number of fused-ring (bicyclic) bond motifs is 5. The zero-order valence-electron chi connectivity index (χ0n) is 31.7. The molecule has 11 rings (SSSR count). The molecule has 10 aromatic carbocycles. The molecule has 1 heterocycles. The van der Waals surface area contributed by atoms with Gasteiger partial charge in [0.25, 0.3) is 0 Å². The Morgan fingerprint density at radius 2 is 0.845 bits per heavy atom. The first-order valence-electron chi connectivity index (χ1n) is 19.8. The number of benzene rings is 10. The minimum atomic E-state index is 0.868. The number of para-hydroxylation sites is 1. The van der Waals surface area contributed by atoms with Crippen molar-refractivity contribution in [3.8, 4) is 44.5 Å². The summed E-state index contributed by atoms with van der Waals surface area (Å²) in [5, 5.41) is 7.08. The molecular weight excluding hydrogens is 703 g/mol. The van der Waals surface area contributed by atoms with Crippen LogP contribution in [0.4, 0.5) is 17.1 Å². The highest BCUT2D eigenvalue weighted by Gasteiger charge is 2.22. The quantitative estimate of drug-likeness (QED) is 0.162. The van der Waals surface area contributed by atoms with E-state index in [-0.39, 0.29) is 0 Å². The monoisotopic (exact) mass is 739 g/mol. The summed E-state index contributed by atoms with van der Waals surface area (Å²) in [6.45, 7) is 0. The largest absolute Gasteiger partial charge is 0.455 e. The van der Waals surface area contributed by atoms with Gasteiger partial charge in [-0.2, -0.15) is 0 Å². The molecule has 0 radical (unpaired) electrons. The van der Waals surface area contributed by atoms with E-state index in [1.54, 1.807) is 0 Å². The summed E-state index contributed by atoms with van der Waals surface area (Å²) in [6, 6.07) is 80.6. The smallest absolute Gasteiger partial charge is 0.145 e. The Morgan fingerprint density at radius 3 is 1.57 bits per heavy atom. The van der Waals surface area contributed by atoms with Crippen LogP contribution in [0.2, 0.25) is 0 Å². The van der Waals surface area contributed by atoms with E-state index in [2.05, 4.69) is 229 Å². The number of nitrogens with zero attached hydrogens (tertiary/aromatic N) is 1. The van der Waals surface area contributed by atoms with Crippen LogP contribution in [0.25, 0.3) is 88.0 Å². The summed E-state index contributed by atoms with van der Waals surface area (Å²) in [5.41, 5.74) is 14.3. The van der Waals surface area contributed by atoms with Crippen molar-refractivity contribution in [3.63, 3.8) is 0 Å². The molecule has 272 valence electrons. The van der Waals surface area contributed by atoms with Crippen LogP contribution in [0.3, 0.4) is 0 Å². The average Bonchev–Trinajstić information content (AvgIpc) is 3.70. The van der Waals surface area contributed by atoms with Gasteiger partial charge >= 0.3 is 0 Å². The van der Waals surface area contributed by atoms with E-state index in [1.165, 1.54) is 54.9 Å². The predicted octanol–water partition coefficient (Wildman–Crippen LogP) is 16.0. The number of hydrogen-bond donors (Lipinski definition) is 0. The maximum absolute atomic E-state index is 6.82. The lowest BCUT2D eigenvalue weighted by Crippen LogP contribution is -2.10. The second-order valence-corrected chi connectivity index (χ2v) is 14.9. The van der Waals surface area contributed by atoms with Crippen molar-refractivity contribution < 1.29 is 4.42 Å². The molecule has 0 unspecified atom stereocenters. The fraction of sp³-hybridized carbons (Fsp3) is 0. The molecule has 0 aliphatic heterocycles. The predicted molar refractivity (Wildman–Crippen MR) is 245 cm³/mol. The number of furan rings is 1. The highest BCUT2D eigenvalue weighted by Crippen LogP contribution is 2.47. The van der Waals surface area contributed by atoms with Gasteiger partial charge < -0.3 is 9.32 Å². The van der Waals surface area contributed by atoms with Gasteiger partial charge in [0.15, 0.2) is 0 Å². The van der Waals surface area contributed by atoms with Crippen LogP contribution >= 0.6 is 0 Å². The number of anilines is 3. The lowest BCUT2D eigenvalue weighted by molar-refractivity contribution is 0.670. The summed E-state index contributed by atoms with van der Waals surface area (Å²) in [4.78, 5) is 2.38. The van der Waals surface area contributed by atoms with Gasteiger partial charge in [-0.25, -0.2) is 0 Å². The molecule has 0 saturated carbocycles. The Bertz CT molecular complexity index is 3250. The zero-order chi connectivity index (χ0) is 38.4. The van der Waals surface area contributed by atoms with E-state index in [9.17, 15) is 0 Å². The molecule has 0 saturated heterocycles. The first-order chi connectivity index (χ1) is 28.7. The van der Waals surface area contributed by atoms with Crippen molar-refractivity contribution >= 4 is 60.5 Å². The van der Waals surface area contributed by atoms with Crippen LogP contribution in [-0.2, 0) is 0 Å². The highest BCUT2D eigenvalue weighted by atomic mass is 16.3. The van der Waals surface area contributed by atoms with Gasteiger partial charge in [-0.15, -0.1) is 0 Å². The van der Waals surface area contributed by atoms with Gasteiger partial charge in [-0.05, 0) is 109 Å². The standard InChI is InChI=1S/C56H37NO/c1-2-11-38(12-3-1)40-21-23-41(24-22-40)42-27-31-47(32-28-42)57(48-33-29-44(30-34-48)50-19-10-16-43-14-6-7-17-49(43)50)53-36-35-51(46-26-25-39-13-4-5-15-45(39)37-46)56-55(53)52-18-8-9-20-54(52)58-56/h1-37H. The SMILES string of the molecule is c1ccc(-c2ccc(-c3ccc(N(c4ccc(-c5cccc6ccccc56)cc4)c4ccc(-c5ccc6ccccc6c5)c5oc6ccccc6c45)cc3)cc2)cc1. The normalized spacial score (nSPS) is 11.4. The molecule has 58 heavy (non-hydrogen) atoms. The second-order valence-electron chi connectivity index (χ2n) is 14.9. The fourth-order valence-corrected chi connectivity index (χ4v) is 8.56. The van der Waals surface area contributed by atoms with E-state index < -0.39 is 0 Å². The van der Waals surface area contributed by atoms with Crippen LogP contribution in [0.15, 0.2) is 229 Å². The molecule has 0 spiro atoms. The van der Waals surface area contributed by atoms with Crippen molar-refractivity contribution in [3.05, 3.63) is 224 Å². The lowest BCUT2D eigenvalue weighted by atomic mass is 9.96. The van der Waals surface area contributed by atoms with Gasteiger partial charge in [0.2, 0.25) is 0 Å². The van der Waals surface area contributed by atoms with E-state index in [0.29, 0.717) is 0 Å². The van der Waals surface area contributed by atoms with Crippen molar-refractivity contribution in [2.24, 2.45) is 0 Å². The van der Waals surface area contributed by atoms with Crippen LogP contribution in [0.1, 0.15) is 0 Å². The molecule has 0 fully saturated rings. The molecule has 0 aliphatic rings.